The first-order valence-electron chi connectivity index (χ1n) is 7.27. The predicted octanol–water partition coefficient (Wildman–Crippen LogP) is 0.866. The Morgan fingerprint density at radius 1 is 1.25 bits per heavy atom. The molecule has 0 saturated carbocycles. The average Bonchev–Trinajstić information content (AvgIpc) is 2.54. The van der Waals surface area contributed by atoms with E-state index in [0.29, 0.717) is 17.1 Å². The highest BCUT2D eigenvalue weighted by Gasteiger charge is 2.15. The molecule has 8 nitrogen and oxygen atoms in total. The summed E-state index contributed by atoms with van der Waals surface area (Å²) in [4.78, 5) is 43.2. The van der Waals surface area contributed by atoms with Crippen LogP contribution in [0.15, 0.2) is 22.0 Å². The van der Waals surface area contributed by atoms with Crippen LogP contribution in [0.5, 0.6) is 0 Å². The Morgan fingerprint density at radius 3 is 2.50 bits per heavy atom. The first-order chi connectivity index (χ1) is 11.2. The molecule has 1 N–H and O–H groups in total. The van der Waals surface area contributed by atoms with Crippen LogP contribution in [0.2, 0.25) is 0 Å². The molecule has 24 heavy (non-hydrogen) atoms. The molecule has 0 amide bonds. The summed E-state index contributed by atoms with van der Waals surface area (Å²) < 4.78 is 2.31. The van der Waals surface area contributed by atoms with Crippen molar-refractivity contribution < 1.29 is 9.90 Å². The van der Waals surface area contributed by atoms with E-state index in [0.717, 1.165) is 4.57 Å². The summed E-state index contributed by atoms with van der Waals surface area (Å²) >= 11 is 0. The van der Waals surface area contributed by atoms with Crippen LogP contribution in [0.25, 0.3) is 12.2 Å². The van der Waals surface area contributed by atoms with Crippen LogP contribution in [0, 0.1) is 0 Å². The quantitative estimate of drug-likeness (QED) is 0.891. The van der Waals surface area contributed by atoms with Crippen molar-refractivity contribution in [3.63, 3.8) is 0 Å². The lowest BCUT2D eigenvalue weighted by Crippen LogP contribution is -2.37. The summed E-state index contributed by atoms with van der Waals surface area (Å²) in [5.41, 5.74) is -0.0656. The van der Waals surface area contributed by atoms with Gasteiger partial charge < -0.3 is 9.67 Å². The fourth-order valence-electron chi connectivity index (χ4n) is 2.21. The van der Waals surface area contributed by atoms with Gasteiger partial charge in [-0.2, -0.15) is 0 Å². The standard InChI is InChI=1S/C16H18N4O4/c1-9(2)13-11(15(22)23)7-17-12(18-13)6-5-10-8-19(3)16(24)20(4)14(10)21/h5-9H,1-4H3,(H,22,23)/b6-5+. The number of rotatable bonds is 4. The molecule has 126 valence electrons. The molecule has 0 radical (unpaired) electrons. The molecule has 2 aromatic heterocycles. The van der Waals surface area contributed by atoms with E-state index in [4.69, 9.17) is 5.11 Å². The normalized spacial score (nSPS) is 11.4. The summed E-state index contributed by atoms with van der Waals surface area (Å²) in [6.45, 7) is 3.68. The Hall–Kier alpha value is -3.03. The highest BCUT2D eigenvalue weighted by atomic mass is 16.4. The number of aromatic carboxylic acids is 1. The monoisotopic (exact) mass is 330 g/mol. The number of nitrogens with zero attached hydrogens (tertiary/aromatic N) is 4. The van der Waals surface area contributed by atoms with Gasteiger partial charge in [-0.15, -0.1) is 0 Å². The van der Waals surface area contributed by atoms with E-state index < -0.39 is 17.2 Å². The zero-order valence-electron chi connectivity index (χ0n) is 13.8. The van der Waals surface area contributed by atoms with Crippen molar-refractivity contribution in [3.8, 4) is 0 Å². The van der Waals surface area contributed by atoms with Gasteiger partial charge in [-0.1, -0.05) is 13.8 Å². The van der Waals surface area contributed by atoms with Gasteiger partial charge in [0.1, 0.15) is 0 Å². The maximum absolute atomic E-state index is 12.1. The van der Waals surface area contributed by atoms with Crippen molar-refractivity contribution in [2.45, 2.75) is 19.8 Å². The van der Waals surface area contributed by atoms with Crippen LogP contribution < -0.4 is 11.2 Å². The van der Waals surface area contributed by atoms with Gasteiger partial charge in [0.15, 0.2) is 5.82 Å². The van der Waals surface area contributed by atoms with Crippen molar-refractivity contribution in [1.82, 2.24) is 19.1 Å². The van der Waals surface area contributed by atoms with E-state index in [9.17, 15) is 14.4 Å². The number of hydrogen-bond donors (Lipinski definition) is 1. The van der Waals surface area contributed by atoms with Crippen molar-refractivity contribution in [1.29, 1.82) is 0 Å². The fraction of sp³-hybridized carbons (Fsp3) is 0.312. The molecular formula is C16H18N4O4. The van der Waals surface area contributed by atoms with Gasteiger partial charge in [0.05, 0.1) is 16.8 Å². The van der Waals surface area contributed by atoms with Crippen LogP contribution in [0.1, 0.15) is 47.2 Å². The topological polar surface area (TPSA) is 107 Å². The Kier molecular flexibility index (Phi) is 4.77. The molecule has 0 aromatic carbocycles. The largest absolute Gasteiger partial charge is 0.478 e. The smallest absolute Gasteiger partial charge is 0.339 e. The van der Waals surface area contributed by atoms with Gasteiger partial charge >= 0.3 is 11.7 Å². The summed E-state index contributed by atoms with van der Waals surface area (Å²) in [6.07, 6.45) is 5.69. The third kappa shape index (κ3) is 3.32. The second-order valence-corrected chi connectivity index (χ2v) is 5.66. The summed E-state index contributed by atoms with van der Waals surface area (Å²) in [5, 5.41) is 9.16. The molecule has 0 spiro atoms. The first-order valence-corrected chi connectivity index (χ1v) is 7.27. The highest BCUT2D eigenvalue weighted by Crippen LogP contribution is 2.17. The molecular weight excluding hydrogens is 312 g/mol. The molecule has 2 aromatic rings. The molecule has 0 unspecified atom stereocenters. The fourth-order valence-corrected chi connectivity index (χ4v) is 2.21. The van der Waals surface area contributed by atoms with Crippen molar-refractivity contribution in [3.05, 3.63) is 55.9 Å². The molecule has 8 heteroatoms. The van der Waals surface area contributed by atoms with Gasteiger partial charge in [-0.25, -0.2) is 19.6 Å². The molecule has 2 rings (SSSR count). The lowest BCUT2D eigenvalue weighted by atomic mass is 10.1. The van der Waals surface area contributed by atoms with Crippen LogP contribution in [-0.4, -0.2) is 30.2 Å². The number of carboxylic acid groups (broad SMARTS) is 1. The molecule has 0 aliphatic heterocycles. The van der Waals surface area contributed by atoms with E-state index in [1.807, 2.05) is 13.8 Å². The number of aromatic nitrogens is 4. The maximum Gasteiger partial charge on any atom is 0.339 e. The number of carbonyl (C=O) groups is 1. The van der Waals surface area contributed by atoms with Crippen molar-refractivity contribution in [2.24, 2.45) is 14.1 Å². The minimum atomic E-state index is -1.08. The second-order valence-electron chi connectivity index (χ2n) is 5.66. The van der Waals surface area contributed by atoms with E-state index in [-0.39, 0.29) is 11.5 Å². The van der Waals surface area contributed by atoms with E-state index >= 15 is 0 Å². The Balaban J connectivity index is 2.47. The van der Waals surface area contributed by atoms with Gasteiger partial charge in [-0.05, 0) is 18.1 Å². The van der Waals surface area contributed by atoms with Crippen LogP contribution >= 0.6 is 0 Å². The molecule has 0 saturated heterocycles. The Morgan fingerprint density at radius 2 is 1.92 bits per heavy atom. The van der Waals surface area contributed by atoms with E-state index in [2.05, 4.69) is 9.97 Å². The van der Waals surface area contributed by atoms with Crippen LogP contribution in [0.3, 0.4) is 0 Å². The molecule has 0 bridgehead atoms. The van der Waals surface area contributed by atoms with Crippen LogP contribution in [-0.2, 0) is 14.1 Å². The third-order valence-corrected chi connectivity index (χ3v) is 3.50. The lowest BCUT2D eigenvalue weighted by molar-refractivity contribution is 0.0694. The Bertz CT molecular complexity index is 938. The highest BCUT2D eigenvalue weighted by molar-refractivity contribution is 5.88. The molecule has 0 aliphatic carbocycles. The zero-order chi connectivity index (χ0) is 18.0. The van der Waals surface area contributed by atoms with E-state index in [1.54, 1.807) is 7.05 Å². The first kappa shape index (κ1) is 17.3. The number of hydrogen-bond acceptors (Lipinski definition) is 5. The third-order valence-electron chi connectivity index (χ3n) is 3.50. The SMILES string of the molecule is CC(C)c1nc(/C=C/c2cn(C)c(=O)n(C)c2=O)ncc1C(=O)O. The van der Waals surface area contributed by atoms with Crippen molar-refractivity contribution >= 4 is 18.1 Å². The average molecular weight is 330 g/mol. The minimum Gasteiger partial charge on any atom is -0.478 e. The van der Waals surface area contributed by atoms with Crippen LogP contribution in [0.4, 0.5) is 0 Å². The molecule has 0 aliphatic rings. The summed E-state index contributed by atoms with van der Waals surface area (Å²) in [6, 6.07) is 0. The minimum absolute atomic E-state index is 0.0557. The number of carboxylic acids is 1. The van der Waals surface area contributed by atoms with Gasteiger partial charge in [-0.3, -0.25) is 9.36 Å². The summed E-state index contributed by atoms with van der Waals surface area (Å²) in [7, 11) is 2.95. The zero-order valence-corrected chi connectivity index (χ0v) is 13.8. The van der Waals surface area contributed by atoms with E-state index in [1.165, 1.54) is 36.2 Å². The van der Waals surface area contributed by atoms with Gasteiger partial charge in [0.2, 0.25) is 0 Å². The summed E-state index contributed by atoms with van der Waals surface area (Å²) in [5.74, 6) is -0.877. The second kappa shape index (κ2) is 6.61. The maximum atomic E-state index is 12.1. The molecule has 0 fully saturated rings. The lowest BCUT2D eigenvalue weighted by Gasteiger charge is -2.08. The molecule has 2 heterocycles. The van der Waals surface area contributed by atoms with Gasteiger partial charge in [0.25, 0.3) is 5.56 Å². The van der Waals surface area contributed by atoms with Crippen molar-refractivity contribution in [2.75, 3.05) is 0 Å². The van der Waals surface area contributed by atoms with Gasteiger partial charge in [0, 0.05) is 26.5 Å². The number of aryl methyl sites for hydroxylation is 1. The Labute approximate surface area is 137 Å². The predicted molar refractivity (Wildman–Crippen MR) is 88.9 cm³/mol. The molecule has 0 atom stereocenters.